The molecule has 0 saturated heterocycles. The van der Waals surface area contributed by atoms with Gasteiger partial charge in [0.15, 0.2) is 5.65 Å². The van der Waals surface area contributed by atoms with Crippen molar-refractivity contribution in [1.29, 1.82) is 0 Å². The van der Waals surface area contributed by atoms with Crippen molar-refractivity contribution < 1.29 is 0 Å². The highest BCUT2D eigenvalue weighted by Crippen LogP contribution is 2.31. The Hall–Kier alpha value is -1.88. The summed E-state index contributed by atoms with van der Waals surface area (Å²) in [5.41, 5.74) is 3.59. The first-order valence-electron chi connectivity index (χ1n) is 5.17. The largest absolute Gasteiger partial charge is 0.341 e. The van der Waals surface area contributed by atoms with Gasteiger partial charge >= 0.3 is 0 Å². The Morgan fingerprint density at radius 2 is 2.00 bits per heavy atom. The zero-order chi connectivity index (χ0) is 11.7. The zero-order valence-electron chi connectivity index (χ0n) is 9.21. The third-order valence-electron chi connectivity index (χ3n) is 2.59. The highest BCUT2D eigenvalue weighted by Gasteiger charge is 2.10. The van der Waals surface area contributed by atoms with Gasteiger partial charge in [0.05, 0.1) is 6.33 Å². The zero-order valence-corrected chi connectivity index (χ0v) is 10.0. The van der Waals surface area contributed by atoms with Gasteiger partial charge in [-0.25, -0.2) is 15.0 Å². The fourth-order valence-electron chi connectivity index (χ4n) is 1.81. The Labute approximate surface area is 103 Å². The second-order valence-electron chi connectivity index (χ2n) is 3.52. The van der Waals surface area contributed by atoms with Crippen molar-refractivity contribution in [3.05, 3.63) is 36.9 Å². The summed E-state index contributed by atoms with van der Waals surface area (Å²) in [5, 5.41) is 0. The van der Waals surface area contributed by atoms with E-state index in [1.807, 2.05) is 12.1 Å². The van der Waals surface area contributed by atoms with Crippen molar-refractivity contribution in [3.63, 3.8) is 0 Å². The number of aromatic nitrogens is 4. The number of thioether (sulfide) groups is 1. The monoisotopic (exact) mass is 242 g/mol. The SMILES string of the molecule is CSc1ccccc1-c1ncnc2nc[nH]c12. The van der Waals surface area contributed by atoms with Crippen LogP contribution in [0.4, 0.5) is 0 Å². The molecular weight excluding hydrogens is 232 g/mol. The second-order valence-corrected chi connectivity index (χ2v) is 4.37. The van der Waals surface area contributed by atoms with Crippen LogP contribution in [0.3, 0.4) is 0 Å². The summed E-state index contributed by atoms with van der Waals surface area (Å²) in [5.74, 6) is 0. The van der Waals surface area contributed by atoms with E-state index in [1.54, 1.807) is 24.4 Å². The summed E-state index contributed by atoms with van der Waals surface area (Å²) >= 11 is 1.71. The Morgan fingerprint density at radius 1 is 1.12 bits per heavy atom. The standard InChI is InChI=1S/C12H10N4S/c1-17-9-5-3-2-4-8(9)10-11-12(15-6-13-10)16-7-14-11/h2-7H,1H3,(H,13,14,15,16). The molecule has 3 aromatic rings. The molecule has 0 aliphatic carbocycles. The highest BCUT2D eigenvalue weighted by molar-refractivity contribution is 7.98. The van der Waals surface area contributed by atoms with E-state index in [4.69, 9.17) is 0 Å². The number of hydrogen-bond donors (Lipinski definition) is 1. The van der Waals surface area contributed by atoms with E-state index in [0.29, 0.717) is 5.65 Å². The normalized spacial score (nSPS) is 10.9. The number of rotatable bonds is 2. The molecule has 0 unspecified atom stereocenters. The van der Waals surface area contributed by atoms with E-state index >= 15 is 0 Å². The van der Waals surface area contributed by atoms with E-state index in [2.05, 4.69) is 38.3 Å². The van der Waals surface area contributed by atoms with Gasteiger partial charge in [-0.1, -0.05) is 18.2 Å². The number of hydrogen-bond acceptors (Lipinski definition) is 4. The van der Waals surface area contributed by atoms with E-state index in [1.165, 1.54) is 4.90 Å². The molecule has 5 heteroatoms. The van der Waals surface area contributed by atoms with Crippen molar-refractivity contribution in [3.8, 4) is 11.3 Å². The summed E-state index contributed by atoms with van der Waals surface area (Å²) in [4.78, 5) is 16.9. The van der Waals surface area contributed by atoms with Gasteiger partial charge in [0, 0.05) is 10.5 Å². The first kappa shape index (κ1) is 10.3. The molecule has 0 radical (unpaired) electrons. The third-order valence-corrected chi connectivity index (χ3v) is 3.38. The van der Waals surface area contributed by atoms with Crippen LogP contribution in [0.2, 0.25) is 0 Å². The van der Waals surface area contributed by atoms with Crippen LogP contribution >= 0.6 is 11.8 Å². The summed E-state index contributed by atoms with van der Waals surface area (Å²) in [6.45, 7) is 0. The maximum atomic E-state index is 4.36. The molecule has 2 heterocycles. The van der Waals surface area contributed by atoms with Crippen LogP contribution in [0, 0.1) is 0 Å². The molecule has 0 amide bonds. The van der Waals surface area contributed by atoms with Gasteiger partial charge in [-0.15, -0.1) is 11.8 Å². The number of imidazole rings is 1. The minimum absolute atomic E-state index is 0.700. The molecule has 0 saturated carbocycles. The Balaban J connectivity index is 2.30. The van der Waals surface area contributed by atoms with Gasteiger partial charge in [-0.3, -0.25) is 0 Å². The molecule has 1 aromatic carbocycles. The number of aromatic amines is 1. The van der Waals surface area contributed by atoms with Crippen molar-refractivity contribution in [2.45, 2.75) is 4.90 Å². The van der Waals surface area contributed by atoms with Crippen molar-refractivity contribution in [2.75, 3.05) is 6.26 Å². The Bertz CT molecular complexity index is 662. The van der Waals surface area contributed by atoms with Crippen LogP contribution in [-0.2, 0) is 0 Å². The number of benzene rings is 1. The van der Waals surface area contributed by atoms with E-state index in [-0.39, 0.29) is 0 Å². The van der Waals surface area contributed by atoms with E-state index < -0.39 is 0 Å². The minimum atomic E-state index is 0.700. The molecule has 0 atom stereocenters. The van der Waals surface area contributed by atoms with Gasteiger partial charge in [0.25, 0.3) is 0 Å². The number of fused-ring (bicyclic) bond motifs is 1. The number of H-pyrrole nitrogens is 1. The molecule has 0 aliphatic heterocycles. The van der Waals surface area contributed by atoms with Crippen molar-refractivity contribution in [1.82, 2.24) is 19.9 Å². The molecule has 0 aliphatic rings. The number of nitrogens with zero attached hydrogens (tertiary/aromatic N) is 3. The maximum Gasteiger partial charge on any atom is 0.181 e. The maximum absolute atomic E-state index is 4.36. The molecule has 17 heavy (non-hydrogen) atoms. The second kappa shape index (κ2) is 4.18. The van der Waals surface area contributed by atoms with Crippen molar-refractivity contribution in [2.24, 2.45) is 0 Å². The molecule has 2 aromatic heterocycles. The van der Waals surface area contributed by atoms with Gasteiger partial charge in [0.1, 0.15) is 17.5 Å². The van der Waals surface area contributed by atoms with Crippen LogP contribution in [-0.4, -0.2) is 26.2 Å². The predicted octanol–water partition coefficient (Wildman–Crippen LogP) is 2.74. The summed E-state index contributed by atoms with van der Waals surface area (Å²) < 4.78 is 0. The third kappa shape index (κ3) is 1.68. The lowest BCUT2D eigenvalue weighted by Crippen LogP contribution is -1.89. The fraction of sp³-hybridized carbons (Fsp3) is 0.0833. The van der Waals surface area contributed by atoms with E-state index in [0.717, 1.165) is 16.8 Å². The van der Waals surface area contributed by atoms with Gasteiger partial charge < -0.3 is 4.98 Å². The summed E-state index contributed by atoms with van der Waals surface area (Å²) in [7, 11) is 0. The average molecular weight is 242 g/mol. The lowest BCUT2D eigenvalue weighted by atomic mass is 10.1. The Morgan fingerprint density at radius 3 is 2.88 bits per heavy atom. The predicted molar refractivity (Wildman–Crippen MR) is 68.9 cm³/mol. The first-order valence-corrected chi connectivity index (χ1v) is 6.40. The van der Waals surface area contributed by atoms with Gasteiger partial charge in [-0.05, 0) is 12.3 Å². The summed E-state index contributed by atoms with van der Waals surface area (Å²) in [6.07, 6.45) is 5.25. The summed E-state index contributed by atoms with van der Waals surface area (Å²) in [6, 6.07) is 8.19. The topological polar surface area (TPSA) is 54.5 Å². The lowest BCUT2D eigenvalue weighted by Gasteiger charge is -2.06. The number of nitrogens with one attached hydrogen (secondary N) is 1. The quantitative estimate of drug-likeness (QED) is 0.702. The lowest BCUT2D eigenvalue weighted by molar-refractivity contribution is 1.19. The van der Waals surface area contributed by atoms with Gasteiger partial charge in [-0.2, -0.15) is 0 Å². The van der Waals surface area contributed by atoms with Crippen LogP contribution in [0.1, 0.15) is 0 Å². The van der Waals surface area contributed by atoms with Crippen molar-refractivity contribution >= 4 is 22.9 Å². The first-order chi connectivity index (χ1) is 8.40. The molecule has 84 valence electrons. The molecule has 1 N–H and O–H groups in total. The van der Waals surface area contributed by atoms with Gasteiger partial charge in [0.2, 0.25) is 0 Å². The molecular formula is C12H10N4S. The highest BCUT2D eigenvalue weighted by atomic mass is 32.2. The van der Waals surface area contributed by atoms with Crippen LogP contribution < -0.4 is 0 Å². The molecule has 0 fully saturated rings. The van der Waals surface area contributed by atoms with E-state index in [9.17, 15) is 0 Å². The van der Waals surface area contributed by atoms with Crippen LogP contribution in [0.25, 0.3) is 22.4 Å². The molecule has 0 bridgehead atoms. The minimum Gasteiger partial charge on any atom is -0.341 e. The smallest absolute Gasteiger partial charge is 0.181 e. The molecule has 3 rings (SSSR count). The van der Waals surface area contributed by atoms with Crippen LogP contribution in [0.5, 0.6) is 0 Å². The van der Waals surface area contributed by atoms with Crippen LogP contribution in [0.15, 0.2) is 41.8 Å². The molecule has 0 spiro atoms. The molecule has 4 nitrogen and oxygen atoms in total. The Kier molecular flexibility index (Phi) is 2.53. The average Bonchev–Trinajstić information content (AvgIpc) is 2.86. The fourth-order valence-corrected chi connectivity index (χ4v) is 2.41.